The highest BCUT2D eigenvalue weighted by Gasteiger charge is 2.17. The quantitative estimate of drug-likeness (QED) is 0.808. The van der Waals surface area contributed by atoms with E-state index in [1.165, 1.54) is 0 Å². The summed E-state index contributed by atoms with van der Waals surface area (Å²) in [5, 5.41) is 11.5. The smallest absolute Gasteiger partial charge is 0.147 e. The molecule has 0 saturated carbocycles. The van der Waals surface area contributed by atoms with E-state index >= 15 is 0 Å². The number of fused-ring (bicyclic) bond motifs is 1. The van der Waals surface area contributed by atoms with Crippen molar-refractivity contribution in [3.05, 3.63) is 41.7 Å². The molecule has 0 radical (unpaired) electrons. The zero-order chi connectivity index (χ0) is 14.5. The first kappa shape index (κ1) is 14.2. The molecule has 0 unspecified atom stereocenters. The van der Waals surface area contributed by atoms with Gasteiger partial charge in [-0.15, -0.1) is 10.2 Å². The van der Waals surface area contributed by atoms with Crippen molar-refractivity contribution in [2.45, 2.75) is 39.5 Å². The zero-order valence-electron chi connectivity index (χ0n) is 12.5. The van der Waals surface area contributed by atoms with Gasteiger partial charge in [0.2, 0.25) is 0 Å². The number of hydrogen-bond acceptors (Lipinski definition) is 5. The van der Waals surface area contributed by atoms with Gasteiger partial charge >= 0.3 is 0 Å². The van der Waals surface area contributed by atoms with Crippen LogP contribution in [0, 0.1) is 0 Å². The van der Waals surface area contributed by atoms with Gasteiger partial charge in [-0.1, -0.05) is 13.0 Å². The standard InChI is InChI=1S/C15H22N6/c1-2-6-16-9-13-4-3-5-14(18-13)10-20-7-8-21-12-17-19-15(21)11-20/h3-5,12,16H,2,6-11H2,1H3. The summed E-state index contributed by atoms with van der Waals surface area (Å²) in [4.78, 5) is 7.11. The summed E-state index contributed by atoms with van der Waals surface area (Å²) >= 11 is 0. The van der Waals surface area contributed by atoms with E-state index in [4.69, 9.17) is 4.98 Å². The fraction of sp³-hybridized carbons (Fsp3) is 0.533. The second-order valence-corrected chi connectivity index (χ2v) is 5.45. The highest BCUT2D eigenvalue weighted by atomic mass is 15.3. The molecule has 6 heteroatoms. The molecule has 0 spiro atoms. The number of aromatic nitrogens is 4. The maximum atomic E-state index is 4.74. The zero-order valence-corrected chi connectivity index (χ0v) is 12.5. The molecule has 0 saturated heterocycles. The largest absolute Gasteiger partial charge is 0.315 e. The topological polar surface area (TPSA) is 58.9 Å². The Kier molecular flexibility index (Phi) is 4.57. The normalized spacial score (nSPS) is 15.1. The Morgan fingerprint density at radius 3 is 3.05 bits per heavy atom. The van der Waals surface area contributed by atoms with Crippen LogP contribution in [0.1, 0.15) is 30.6 Å². The van der Waals surface area contributed by atoms with Crippen LogP contribution < -0.4 is 5.32 Å². The lowest BCUT2D eigenvalue weighted by atomic mass is 10.2. The highest BCUT2D eigenvalue weighted by molar-refractivity contribution is 5.11. The van der Waals surface area contributed by atoms with Crippen LogP contribution in [0.25, 0.3) is 0 Å². The molecule has 0 fully saturated rings. The van der Waals surface area contributed by atoms with Crippen LogP contribution in [0.5, 0.6) is 0 Å². The van der Waals surface area contributed by atoms with Gasteiger partial charge < -0.3 is 9.88 Å². The molecule has 0 aliphatic carbocycles. The summed E-state index contributed by atoms with van der Waals surface area (Å²) in [6, 6.07) is 6.28. The third-order valence-corrected chi connectivity index (χ3v) is 3.70. The van der Waals surface area contributed by atoms with Crippen molar-refractivity contribution in [2.24, 2.45) is 0 Å². The monoisotopic (exact) mass is 286 g/mol. The van der Waals surface area contributed by atoms with Crippen molar-refractivity contribution in [1.29, 1.82) is 0 Å². The maximum Gasteiger partial charge on any atom is 0.147 e. The SMILES string of the molecule is CCCNCc1cccc(CN2CCn3cnnc3C2)n1. The molecule has 0 bridgehead atoms. The average Bonchev–Trinajstić information content (AvgIpc) is 2.95. The first-order valence-corrected chi connectivity index (χ1v) is 7.59. The minimum absolute atomic E-state index is 0.843. The molecule has 0 amide bonds. The highest BCUT2D eigenvalue weighted by Crippen LogP contribution is 2.12. The summed E-state index contributed by atoms with van der Waals surface area (Å²) in [5.74, 6) is 1.04. The summed E-state index contributed by atoms with van der Waals surface area (Å²) in [7, 11) is 0. The first-order chi connectivity index (χ1) is 10.3. The molecular weight excluding hydrogens is 264 g/mol. The van der Waals surface area contributed by atoms with Gasteiger partial charge in [0.1, 0.15) is 12.2 Å². The predicted molar refractivity (Wildman–Crippen MR) is 80.4 cm³/mol. The van der Waals surface area contributed by atoms with Crippen LogP contribution in [0.3, 0.4) is 0 Å². The summed E-state index contributed by atoms with van der Waals surface area (Å²) in [6.45, 7) is 7.75. The minimum atomic E-state index is 0.843. The lowest BCUT2D eigenvalue weighted by molar-refractivity contribution is 0.206. The fourth-order valence-electron chi connectivity index (χ4n) is 2.59. The summed E-state index contributed by atoms with van der Waals surface area (Å²) < 4.78 is 2.12. The van der Waals surface area contributed by atoms with E-state index in [0.29, 0.717) is 0 Å². The molecule has 1 aliphatic rings. The van der Waals surface area contributed by atoms with E-state index in [9.17, 15) is 0 Å². The van der Waals surface area contributed by atoms with Crippen molar-refractivity contribution in [3.63, 3.8) is 0 Å². The Morgan fingerprint density at radius 2 is 2.14 bits per heavy atom. The van der Waals surface area contributed by atoms with E-state index in [0.717, 1.165) is 62.9 Å². The third-order valence-electron chi connectivity index (χ3n) is 3.70. The molecule has 3 rings (SSSR count). The van der Waals surface area contributed by atoms with Gasteiger partial charge in [0.25, 0.3) is 0 Å². The summed E-state index contributed by atoms with van der Waals surface area (Å²) in [6.07, 6.45) is 2.96. The van der Waals surface area contributed by atoms with Crippen molar-refractivity contribution < 1.29 is 0 Å². The number of nitrogens with zero attached hydrogens (tertiary/aromatic N) is 5. The number of pyridine rings is 1. The van der Waals surface area contributed by atoms with Gasteiger partial charge in [0.15, 0.2) is 0 Å². The Morgan fingerprint density at radius 1 is 1.24 bits per heavy atom. The van der Waals surface area contributed by atoms with Gasteiger partial charge in [-0.25, -0.2) is 0 Å². The predicted octanol–water partition coefficient (Wildman–Crippen LogP) is 1.19. The van der Waals surface area contributed by atoms with Gasteiger partial charge in [-0.3, -0.25) is 9.88 Å². The van der Waals surface area contributed by atoms with E-state index < -0.39 is 0 Å². The van der Waals surface area contributed by atoms with Crippen molar-refractivity contribution in [2.75, 3.05) is 13.1 Å². The van der Waals surface area contributed by atoms with E-state index in [1.54, 1.807) is 0 Å². The molecule has 1 N–H and O–H groups in total. The molecule has 2 aromatic rings. The molecule has 1 aliphatic heterocycles. The van der Waals surface area contributed by atoms with Gasteiger partial charge in [0, 0.05) is 26.2 Å². The Labute approximate surface area is 125 Å². The number of rotatable bonds is 6. The van der Waals surface area contributed by atoms with Gasteiger partial charge in [-0.2, -0.15) is 0 Å². The van der Waals surface area contributed by atoms with Crippen LogP contribution in [-0.2, 0) is 26.2 Å². The number of nitrogens with one attached hydrogen (secondary N) is 1. The lowest BCUT2D eigenvalue weighted by Crippen LogP contribution is -2.33. The fourth-order valence-corrected chi connectivity index (χ4v) is 2.59. The molecular formula is C15H22N6. The maximum absolute atomic E-state index is 4.74. The first-order valence-electron chi connectivity index (χ1n) is 7.59. The molecule has 2 aromatic heterocycles. The Bertz CT molecular complexity index is 579. The van der Waals surface area contributed by atoms with E-state index in [-0.39, 0.29) is 0 Å². The van der Waals surface area contributed by atoms with Gasteiger partial charge in [0.05, 0.1) is 17.9 Å². The Hall–Kier alpha value is -1.79. The van der Waals surface area contributed by atoms with Gasteiger partial charge in [-0.05, 0) is 25.1 Å². The molecule has 3 heterocycles. The van der Waals surface area contributed by atoms with Crippen LogP contribution in [0.4, 0.5) is 0 Å². The molecule has 21 heavy (non-hydrogen) atoms. The van der Waals surface area contributed by atoms with Crippen molar-refractivity contribution in [1.82, 2.24) is 30.0 Å². The molecule has 112 valence electrons. The van der Waals surface area contributed by atoms with Crippen LogP contribution in [-0.4, -0.2) is 37.7 Å². The van der Waals surface area contributed by atoms with E-state index in [2.05, 4.69) is 50.1 Å². The summed E-state index contributed by atoms with van der Waals surface area (Å²) in [5.41, 5.74) is 2.24. The van der Waals surface area contributed by atoms with Crippen molar-refractivity contribution >= 4 is 0 Å². The molecule has 6 nitrogen and oxygen atoms in total. The minimum Gasteiger partial charge on any atom is -0.315 e. The average molecular weight is 286 g/mol. The Balaban J connectivity index is 1.59. The van der Waals surface area contributed by atoms with Crippen LogP contribution >= 0.6 is 0 Å². The second-order valence-electron chi connectivity index (χ2n) is 5.45. The lowest BCUT2D eigenvalue weighted by Gasteiger charge is -2.26. The third kappa shape index (κ3) is 3.65. The van der Waals surface area contributed by atoms with E-state index in [1.807, 2.05) is 6.33 Å². The second kappa shape index (κ2) is 6.78. The van der Waals surface area contributed by atoms with Crippen molar-refractivity contribution in [3.8, 4) is 0 Å². The number of hydrogen-bond donors (Lipinski definition) is 1. The van der Waals surface area contributed by atoms with Crippen LogP contribution in [0.2, 0.25) is 0 Å². The molecule has 0 atom stereocenters. The molecule has 0 aromatic carbocycles. The van der Waals surface area contributed by atoms with Crippen LogP contribution in [0.15, 0.2) is 24.5 Å².